The quantitative estimate of drug-likeness (QED) is 0.635. The van der Waals surface area contributed by atoms with Crippen LogP contribution in [0, 0.1) is 18.8 Å². The second-order valence-corrected chi connectivity index (χ2v) is 10.00. The third-order valence-corrected chi connectivity index (χ3v) is 6.71. The number of aromatic nitrogens is 2. The zero-order valence-corrected chi connectivity index (χ0v) is 20.4. The minimum atomic E-state index is 0.549. The number of hydrogen-bond donors (Lipinski definition) is 2. The highest BCUT2D eigenvalue weighted by molar-refractivity contribution is 7.80. The Bertz CT molecular complexity index is 875. The van der Waals surface area contributed by atoms with Crippen LogP contribution >= 0.6 is 12.2 Å². The Balaban J connectivity index is 1.50. The molecule has 2 aliphatic heterocycles. The lowest BCUT2D eigenvalue weighted by molar-refractivity contribution is 0.441. The highest BCUT2D eigenvalue weighted by atomic mass is 32.1. The van der Waals surface area contributed by atoms with E-state index in [4.69, 9.17) is 22.2 Å². The van der Waals surface area contributed by atoms with Crippen LogP contribution in [-0.2, 0) is 6.54 Å². The summed E-state index contributed by atoms with van der Waals surface area (Å²) in [7, 11) is 0. The molecule has 2 aliphatic rings. The van der Waals surface area contributed by atoms with Crippen LogP contribution < -0.4 is 20.4 Å². The minimum Gasteiger partial charge on any atom is -0.358 e. The molecule has 4 rings (SSSR count). The lowest BCUT2D eigenvalue weighted by Gasteiger charge is -2.35. The molecule has 2 fully saturated rings. The second-order valence-electron chi connectivity index (χ2n) is 9.59. The van der Waals surface area contributed by atoms with Gasteiger partial charge in [-0.2, -0.15) is 9.97 Å². The molecule has 0 saturated carbocycles. The molecule has 2 aromatic rings. The smallest absolute Gasteiger partial charge is 0.232 e. The average Bonchev–Trinajstić information content (AvgIpc) is 2.78. The molecule has 2 N–H and O–H groups in total. The van der Waals surface area contributed by atoms with E-state index in [2.05, 4.69) is 71.5 Å². The third-order valence-electron chi connectivity index (χ3n) is 6.46. The number of benzene rings is 1. The van der Waals surface area contributed by atoms with Gasteiger partial charge in [-0.1, -0.05) is 43.7 Å². The Kier molecular flexibility index (Phi) is 7.45. The van der Waals surface area contributed by atoms with Crippen LogP contribution in [0.3, 0.4) is 0 Å². The van der Waals surface area contributed by atoms with Crippen LogP contribution in [0.5, 0.6) is 0 Å². The number of piperidine rings is 2. The Morgan fingerprint density at radius 1 is 0.969 bits per heavy atom. The summed E-state index contributed by atoms with van der Waals surface area (Å²) in [5.74, 6) is 3.96. The number of hydrogen-bond acceptors (Lipinski definition) is 5. The molecule has 0 unspecified atom stereocenters. The fraction of sp³-hybridized carbons (Fsp3) is 0.560. The van der Waals surface area contributed by atoms with Gasteiger partial charge in [0.05, 0.1) is 0 Å². The topological polar surface area (TPSA) is 56.3 Å². The lowest BCUT2D eigenvalue weighted by atomic mass is 10.00. The van der Waals surface area contributed by atoms with Crippen molar-refractivity contribution in [3.8, 4) is 0 Å². The molecule has 1 aromatic heterocycles. The predicted octanol–water partition coefficient (Wildman–Crippen LogP) is 4.74. The van der Waals surface area contributed by atoms with Crippen molar-refractivity contribution in [3.05, 3.63) is 41.5 Å². The van der Waals surface area contributed by atoms with E-state index in [0.717, 1.165) is 37.8 Å². The minimum absolute atomic E-state index is 0.549. The Morgan fingerprint density at radius 3 is 2.06 bits per heavy atom. The van der Waals surface area contributed by atoms with Gasteiger partial charge in [-0.15, -0.1) is 0 Å². The third kappa shape index (κ3) is 6.09. The highest BCUT2D eigenvalue weighted by Crippen LogP contribution is 2.28. The molecule has 3 heterocycles. The molecule has 0 aliphatic carbocycles. The summed E-state index contributed by atoms with van der Waals surface area (Å²) in [5, 5.41) is 7.09. The van der Waals surface area contributed by atoms with Gasteiger partial charge in [0.25, 0.3) is 0 Å². The maximum Gasteiger partial charge on any atom is 0.232 e. The summed E-state index contributed by atoms with van der Waals surface area (Å²) in [6, 6.07) is 10.6. The van der Waals surface area contributed by atoms with Crippen LogP contribution in [0.4, 0.5) is 17.6 Å². The molecular formula is C25H36N6S. The van der Waals surface area contributed by atoms with Crippen LogP contribution in [0.25, 0.3) is 0 Å². The maximum absolute atomic E-state index is 5.57. The predicted molar refractivity (Wildman–Crippen MR) is 137 cm³/mol. The summed E-state index contributed by atoms with van der Waals surface area (Å²) in [6.07, 6.45) is 4.99. The number of nitrogens with one attached hydrogen (secondary N) is 2. The zero-order chi connectivity index (χ0) is 22.5. The molecule has 0 bridgehead atoms. The van der Waals surface area contributed by atoms with Crippen LogP contribution in [-0.4, -0.2) is 41.3 Å². The molecular weight excluding hydrogens is 416 g/mol. The Labute approximate surface area is 197 Å². The van der Waals surface area contributed by atoms with Gasteiger partial charge < -0.3 is 20.4 Å². The first-order valence-electron chi connectivity index (χ1n) is 12.0. The van der Waals surface area contributed by atoms with Crippen molar-refractivity contribution in [2.75, 3.05) is 41.3 Å². The van der Waals surface area contributed by atoms with Crippen molar-refractivity contribution in [2.24, 2.45) is 11.8 Å². The van der Waals surface area contributed by atoms with E-state index in [0.29, 0.717) is 29.4 Å². The van der Waals surface area contributed by atoms with Crippen molar-refractivity contribution in [3.63, 3.8) is 0 Å². The fourth-order valence-electron chi connectivity index (χ4n) is 4.63. The van der Waals surface area contributed by atoms with E-state index in [1.807, 2.05) is 0 Å². The Hall–Kier alpha value is -2.41. The van der Waals surface area contributed by atoms with Crippen molar-refractivity contribution in [1.82, 2.24) is 15.3 Å². The number of nitrogens with zero attached hydrogens (tertiary/aromatic N) is 4. The number of aryl methyl sites for hydroxylation is 1. The van der Waals surface area contributed by atoms with Gasteiger partial charge in [-0.25, -0.2) is 0 Å². The normalized spacial score (nSPS) is 21.3. The first-order valence-corrected chi connectivity index (χ1v) is 12.4. The van der Waals surface area contributed by atoms with E-state index < -0.39 is 0 Å². The summed E-state index contributed by atoms with van der Waals surface area (Å²) < 4.78 is 0. The van der Waals surface area contributed by atoms with Gasteiger partial charge in [0.1, 0.15) is 11.6 Å². The van der Waals surface area contributed by atoms with Crippen molar-refractivity contribution in [2.45, 2.75) is 53.0 Å². The molecule has 0 amide bonds. The lowest BCUT2D eigenvalue weighted by Crippen LogP contribution is -2.37. The molecule has 0 spiro atoms. The molecule has 0 radical (unpaired) electrons. The summed E-state index contributed by atoms with van der Waals surface area (Å²) >= 11 is 5.57. The zero-order valence-electron chi connectivity index (χ0n) is 19.6. The van der Waals surface area contributed by atoms with Gasteiger partial charge in [-0.3, -0.25) is 0 Å². The molecule has 1 aromatic carbocycles. The number of thiocarbonyl (C=S) groups is 1. The van der Waals surface area contributed by atoms with Gasteiger partial charge in [-0.05, 0) is 62.2 Å². The molecule has 2 saturated heterocycles. The molecule has 7 heteroatoms. The van der Waals surface area contributed by atoms with Crippen LogP contribution in [0.1, 0.15) is 50.7 Å². The van der Waals surface area contributed by atoms with Gasteiger partial charge in [0.15, 0.2) is 5.11 Å². The molecule has 172 valence electrons. The molecule has 2 atom stereocenters. The van der Waals surface area contributed by atoms with E-state index in [1.54, 1.807) is 0 Å². The largest absolute Gasteiger partial charge is 0.358 e. The van der Waals surface area contributed by atoms with E-state index in [-0.39, 0.29) is 0 Å². The Morgan fingerprint density at radius 2 is 1.53 bits per heavy atom. The van der Waals surface area contributed by atoms with E-state index >= 15 is 0 Å². The standard InChI is InChI=1S/C25H36N6S/c1-18-8-10-21(11-9-18)15-26-25(32)29-24-27-22(30-12-4-6-19(2)16-30)14-23(28-24)31-13-5-7-20(3)17-31/h8-11,14,19-20H,4-7,12-13,15-17H2,1-3H3,(H2,26,27,28,29,32)/t19-,20-/m0/s1. The van der Waals surface area contributed by atoms with Crippen LogP contribution in [0.15, 0.2) is 30.3 Å². The fourth-order valence-corrected chi connectivity index (χ4v) is 4.79. The van der Waals surface area contributed by atoms with Crippen molar-refractivity contribution in [1.29, 1.82) is 0 Å². The highest BCUT2D eigenvalue weighted by Gasteiger charge is 2.23. The molecule has 6 nitrogen and oxygen atoms in total. The average molecular weight is 453 g/mol. The monoisotopic (exact) mass is 452 g/mol. The van der Waals surface area contributed by atoms with Gasteiger partial charge >= 0.3 is 0 Å². The number of rotatable bonds is 5. The maximum atomic E-state index is 5.57. The SMILES string of the molecule is Cc1ccc(CNC(=S)Nc2nc(N3CCC[C@H](C)C3)cc(N3CCC[C@H](C)C3)n2)cc1. The van der Waals surface area contributed by atoms with Gasteiger partial charge in [0.2, 0.25) is 5.95 Å². The summed E-state index contributed by atoms with van der Waals surface area (Å²) in [5.41, 5.74) is 2.45. The number of anilines is 3. The van der Waals surface area contributed by atoms with Crippen molar-refractivity contribution >= 4 is 34.9 Å². The van der Waals surface area contributed by atoms with Crippen molar-refractivity contribution < 1.29 is 0 Å². The van der Waals surface area contributed by atoms with Crippen LogP contribution in [0.2, 0.25) is 0 Å². The second kappa shape index (κ2) is 10.5. The van der Waals surface area contributed by atoms with E-state index in [9.17, 15) is 0 Å². The van der Waals surface area contributed by atoms with E-state index in [1.165, 1.54) is 36.8 Å². The summed E-state index contributed by atoms with van der Waals surface area (Å²) in [4.78, 5) is 14.5. The molecule has 32 heavy (non-hydrogen) atoms. The first-order chi connectivity index (χ1) is 15.5. The first kappa shape index (κ1) is 22.8. The summed E-state index contributed by atoms with van der Waals surface area (Å²) in [6.45, 7) is 11.6. The van der Waals surface area contributed by atoms with Gasteiger partial charge in [0, 0.05) is 38.8 Å².